The number of fused-ring (bicyclic) bond motifs is 1. The second-order valence-electron chi connectivity index (χ2n) is 8.53. The SMILES string of the molecule is CC(=O)n1ncc2cc(-c3ccc(C(C)(C)NC(=O)OC(C)(C)C)cn3)ccc21. The second-order valence-corrected chi connectivity index (χ2v) is 8.53. The molecule has 1 amide bonds. The molecule has 0 saturated heterocycles. The van der Waals surface area contributed by atoms with Gasteiger partial charge < -0.3 is 10.1 Å². The summed E-state index contributed by atoms with van der Waals surface area (Å²) in [6.45, 7) is 10.8. The molecule has 7 heteroatoms. The van der Waals surface area contributed by atoms with Gasteiger partial charge in [-0.2, -0.15) is 5.10 Å². The molecule has 7 nitrogen and oxygen atoms in total. The zero-order valence-electron chi connectivity index (χ0n) is 17.6. The van der Waals surface area contributed by atoms with Gasteiger partial charge >= 0.3 is 6.09 Å². The lowest BCUT2D eigenvalue weighted by atomic mass is 9.95. The van der Waals surface area contributed by atoms with Gasteiger partial charge in [0.15, 0.2) is 0 Å². The molecule has 0 fully saturated rings. The van der Waals surface area contributed by atoms with E-state index in [-0.39, 0.29) is 5.91 Å². The molecule has 0 aliphatic heterocycles. The predicted molar refractivity (Wildman–Crippen MR) is 112 cm³/mol. The van der Waals surface area contributed by atoms with E-state index in [0.29, 0.717) is 0 Å². The van der Waals surface area contributed by atoms with Crippen LogP contribution in [0.5, 0.6) is 0 Å². The molecule has 2 aromatic heterocycles. The highest BCUT2D eigenvalue weighted by molar-refractivity contribution is 5.91. The van der Waals surface area contributed by atoms with Crippen molar-refractivity contribution in [2.45, 2.75) is 52.7 Å². The third kappa shape index (κ3) is 4.62. The Bertz CT molecular complexity index is 1060. The lowest BCUT2D eigenvalue weighted by molar-refractivity contribution is 0.0470. The first-order valence-corrected chi connectivity index (χ1v) is 9.43. The normalized spacial score (nSPS) is 12.1. The number of hydrogen-bond acceptors (Lipinski definition) is 5. The Balaban J connectivity index is 1.81. The monoisotopic (exact) mass is 394 g/mol. The zero-order valence-corrected chi connectivity index (χ0v) is 17.6. The highest BCUT2D eigenvalue weighted by Crippen LogP contribution is 2.26. The second kappa shape index (κ2) is 7.31. The summed E-state index contributed by atoms with van der Waals surface area (Å²) in [5.41, 5.74) is 2.14. The zero-order chi connectivity index (χ0) is 21.4. The summed E-state index contributed by atoms with van der Waals surface area (Å²) in [7, 11) is 0. The van der Waals surface area contributed by atoms with Gasteiger partial charge in [-0.15, -0.1) is 0 Å². The fourth-order valence-corrected chi connectivity index (χ4v) is 3.01. The van der Waals surface area contributed by atoms with Gasteiger partial charge in [-0.3, -0.25) is 9.78 Å². The number of carbonyl (C=O) groups is 2. The van der Waals surface area contributed by atoms with Gasteiger partial charge in [0.1, 0.15) is 5.60 Å². The molecule has 1 aromatic carbocycles. The van der Waals surface area contributed by atoms with Crippen LogP contribution in [0.4, 0.5) is 4.79 Å². The van der Waals surface area contributed by atoms with E-state index < -0.39 is 17.2 Å². The Morgan fingerprint density at radius 2 is 1.76 bits per heavy atom. The maximum atomic E-state index is 12.1. The number of hydrogen-bond donors (Lipinski definition) is 1. The molecule has 2 heterocycles. The van der Waals surface area contributed by atoms with Crippen LogP contribution in [0.25, 0.3) is 22.2 Å². The first-order valence-electron chi connectivity index (χ1n) is 9.43. The molecule has 3 aromatic rings. The third-order valence-electron chi connectivity index (χ3n) is 4.46. The lowest BCUT2D eigenvalue weighted by Crippen LogP contribution is -2.43. The standard InChI is InChI=1S/C22H26N4O3/c1-14(27)26-19-10-7-15(11-16(19)12-24-26)18-9-8-17(13-23-18)22(5,6)25-20(28)29-21(2,3)4/h7-13H,1-6H3,(H,25,28). The van der Waals surface area contributed by atoms with Crippen molar-refractivity contribution in [1.29, 1.82) is 0 Å². The minimum absolute atomic E-state index is 0.130. The molecule has 152 valence electrons. The number of amides is 1. The summed E-state index contributed by atoms with van der Waals surface area (Å²) in [5.74, 6) is -0.130. The van der Waals surface area contributed by atoms with E-state index in [1.54, 1.807) is 12.4 Å². The van der Waals surface area contributed by atoms with Gasteiger partial charge in [0.05, 0.1) is 22.9 Å². The molecule has 0 spiro atoms. The Hall–Kier alpha value is -3.22. The quantitative estimate of drug-likeness (QED) is 0.706. The van der Waals surface area contributed by atoms with Crippen molar-refractivity contribution in [3.05, 3.63) is 48.3 Å². The summed E-state index contributed by atoms with van der Waals surface area (Å²) in [6.07, 6.45) is 2.94. The predicted octanol–water partition coefficient (Wildman–Crippen LogP) is 4.52. The van der Waals surface area contributed by atoms with Gasteiger partial charge in [-0.1, -0.05) is 12.1 Å². The van der Waals surface area contributed by atoms with E-state index >= 15 is 0 Å². The topological polar surface area (TPSA) is 86.1 Å². The Morgan fingerprint density at radius 3 is 2.34 bits per heavy atom. The number of alkyl carbamates (subject to hydrolysis) is 1. The maximum absolute atomic E-state index is 12.1. The van der Waals surface area contributed by atoms with E-state index in [1.165, 1.54) is 11.6 Å². The minimum Gasteiger partial charge on any atom is -0.444 e. The fraction of sp³-hybridized carbons (Fsp3) is 0.364. The maximum Gasteiger partial charge on any atom is 0.408 e. The molecule has 0 aliphatic carbocycles. The molecule has 3 rings (SSSR count). The Labute approximate surface area is 170 Å². The highest BCUT2D eigenvalue weighted by atomic mass is 16.6. The van der Waals surface area contributed by atoms with Crippen LogP contribution in [0.3, 0.4) is 0 Å². The van der Waals surface area contributed by atoms with Gasteiger partial charge in [-0.05, 0) is 58.4 Å². The van der Waals surface area contributed by atoms with Crippen LogP contribution < -0.4 is 5.32 Å². The number of nitrogens with one attached hydrogen (secondary N) is 1. The van der Waals surface area contributed by atoms with E-state index in [1.807, 2.05) is 65.0 Å². The van der Waals surface area contributed by atoms with Crippen LogP contribution in [-0.2, 0) is 10.3 Å². The molecular formula is C22H26N4O3. The molecule has 0 radical (unpaired) electrons. The van der Waals surface area contributed by atoms with Crippen molar-refractivity contribution >= 4 is 22.9 Å². The van der Waals surface area contributed by atoms with E-state index in [4.69, 9.17) is 4.74 Å². The summed E-state index contributed by atoms with van der Waals surface area (Å²) in [5, 5.41) is 7.88. The molecule has 0 unspecified atom stereocenters. The van der Waals surface area contributed by atoms with E-state index in [9.17, 15) is 9.59 Å². The Kier molecular flexibility index (Phi) is 5.17. The van der Waals surface area contributed by atoms with Crippen LogP contribution in [0.2, 0.25) is 0 Å². The van der Waals surface area contributed by atoms with Crippen LogP contribution in [0.1, 0.15) is 51.9 Å². The van der Waals surface area contributed by atoms with Crippen molar-refractivity contribution in [3.8, 4) is 11.3 Å². The first-order chi connectivity index (χ1) is 13.5. The highest BCUT2D eigenvalue weighted by Gasteiger charge is 2.26. The van der Waals surface area contributed by atoms with Gasteiger partial charge in [-0.25, -0.2) is 9.48 Å². The fourth-order valence-electron chi connectivity index (χ4n) is 3.01. The number of nitrogens with zero attached hydrogens (tertiary/aromatic N) is 3. The van der Waals surface area contributed by atoms with Crippen molar-refractivity contribution < 1.29 is 14.3 Å². The number of benzene rings is 1. The summed E-state index contributed by atoms with van der Waals surface area (Å²) in [4.78, 5) is 28.3. The number of ether oxygens (including phenoxy) is 1. The largest absolute Gasteiger partial charge is 0.444 e. The van der Waals surface area contributed by atoms with Crippen LogP contribution in [-0.4, -0.2) is 32.4 Å². The van der Waals surface area contributed by atoms with Crippen molar-refractivity contribution in [3.63, 3.8) is 0 Å². The van der Waals surface area contributed by atoms with Crippen molar-refractivity contribution in [2.24, 2.45) is 0 Å². The average Bonchev–Trinajstić information content (AvgIpc) is 3.03. The molecule has 29 heavy (non-hydrogen) atoms. The van der Waals surface area contributed by atoms with Gasteiger partial charge in [0, 0.05) is 24.1 Å². The molecule has 0 bridgehead atoms. The van der Waals surface area contributed by atoms with Gasteiger partial charge in [0.2, 0.25) is 5.91 Å². The molecule has 0 atom stereocenters. The van der Waals surface area contributed by atoms with E-state index in [2.05, 4.69) is 15.4 Å². The van der Waals surface area contributed by atoms with Crippen LogP contribution in [0.15, 0.2) is 42.7 Å². The van der Waals surface area contributed by atoms with E-state index in [0.717, 1.165) is 27.7 Å². The smallest absolute Gasteiger partial charge is 0.408 e. The molecule has 0 saturated carbocycles. The minimum atomic E-state index is -0.638. The number of aromatic nitrogens is 3. The summed E-state index contributed by atoms with van der Waals surface area (Å²) >= 11 is 0. The first kappa shape index (κ1) is 20.5. The van der Waals surface area contributed by atoms with Crippen molar-refractivity contribution in [2.75, 3.05) is 0 Å². The third-order valence-corrected chi connectivity index (χ3v) is 4.46. The molecule has 0 aliphatic rings. The Morgan fingerprint density at radius 1 is 1.03 bits per heavy atom. The average molecular weight is 394 g/mol. The van der Waals surface area contributed by atoms with Crippen molar-refractivity contribution in [1.82, 2.24) is 20.1 Å². The molecule has 1 N–H and O–H groups in total. The number of carbonyl (C=O) groups excluding carboxylic acids is 2. The van der Waals surface area contributed by atoms with Crippen LogP contribution >= 0.6 is 0 Å². The lowest BCUT2D eigenvalue weighted by Gasteiger charge is -2.29. The summed E-state index contributed by atoms with van der Waals surface area (Å²) < 4.78 is 6.72. The summed E-state index contributed by atoms with van der Waals surface area (Å²) in [6, 6.07) is 9.57. The van der Waals surface area contributed by atoms with Gasteiger partial charge in [0.25, 0.3) is 0 Å². The number of pyridine rings is 1. The molecular weight excluding hydrogens is 368 g/mol. The number of rotatable bonds is 3. The van der Waals surface area contributed by atoms with Crippen LogP contribution in [0, 0.1) is 0 Å².